The maximum atomic E-state index is 13.4. The van der Waals surface area contributed by atoms with Gasteiger partial charge in [-0.05, 0) is 42.5 Å². The number of carbonyl (C=O) groups excluding carboxylic acids is 1. The van der Waals surface area contributed by atoms with Gasteiger partial charge in [0.1, 0.15) is 23.0 Å². The Morgan fingerprint density at radius 2 is 2.00 bits per heavy atom. The van der Waals surface area contributed by atoms with E-state index in [1.54, 1.807) is 36.5 Å². The second-order valence-corrected chi connectivity index (χ2v) is 5.77. The summed E-state index contributed by atoms with van der Waals surface area (Å²) in [5.41, 5.74) is -0.371. The standard InChI is InChI=1S/C20H13FN2O4/c21-13-6-7-17-15(10-13)16(24)11-18(27-17)20(25)23(12-14-4-3-9-26-14)19-5-1-2-8-22-19/h1-11H,12H2. The lowest BCUT2D eigenvalue weighted by atomic mass is 10.2. The van der Waals surface area contributed by atoms with Crippen molar-refractivity contribution < 1.29 is 18.0 Å². The number of hydrogen-bond acceptors (Lipinski definition) is 5. The van der Waals surface area contributed by atoms with Crippen molar-refractivity contribution in [3.8, 4) is 0 Å². The van der Waals surface area contributed by atoms with E-state index in [2.05, 4.69) is 4.98 Å². The molecule has 0 fully saturated rings. The Bertz CT molecular complexity index is 1150. The Balaban J connectivity index is 1.78. The van der Waals surface area contributed by atoms with Crippen LogP contribution in [0.25, 0.3) is 11.0 Å². The first-order valence-corrected chi connectivity index (χ1v) is 8.10. The number of fused-ring (bicyclic) bond motifs is 1. The van der Waals surface area contributed by atoms with E-state index in [9.17, 15) is 14.0 Å². The van der Waals surface area contributed by atoms with Crippen LogP contribution in [0.3, 0.4) is 0 Å². The molecule has 1 amide bonds. The summed E-state index contributed by atoms with van der Waals surface area (Å²) < 4.78 is 24.3. The lowest BCUT2D eigenvalue weighted by Crippen LogP contribution is -2.31. The SMILES string of the molecule is O=C(c1cc(=O)c2cc(F)ccc2o1)N(Cc1ccco1)c1ccccn1. The smallest absolute Gasteiger partial charge is 0.295 e. The first-order valence-electron chi connectivity index (χ1n) is 8.10. The van der Waals surface area contributed by atoms with Crippen molar-refractivity contribution in [1.29, 1.82) is 0 Å². The van der Waals surface area contributed by atoms with Crippen molar-refractivity contribution in [2.24, 2.45) is 0 Å². The van der Waals surface area contributed by atoms with Crippen LogP contribution < -0.4 is 10.3 Å². The summed E-state index contributed by atoms with van der Waals surface area (Å²) in [5, 5.41) is 0.0713. The van der Waals surface area contributed by atoms with Crippen LogP contribution in [0.15, 0.2) is 80.7 Å². The second kappa shape index (κ2) is 6.87. The van der Waals surface area contributed by atoms with E-state index >= 15 is 0 Å². The summed E-state index contributed by atoms with van der Waals surface area (Å²) in [7, 11) is 0. The molecule has 0 N–H and O–H groups in total. The average Bonchev–Trinajstić information content (AvgIpc) is 3.20. The summed E-state index contributed by atoms with van der Waals surface area (Å²) in [6.45, 7) is 0.105. The number of benzene rings is 1. The van der Waals surface area contributed by atoms with Gasteiger partial charge in [-0.1, -0.05) is 6.07 Å². The molecule has 0 aliphatic heterocycles. The maximum absolute atomic E-state index is 13.4. The summed E-state index contributed by atoms with van der Waals surface area (Å²) >= 11 is 0. The fourth-order valence-corrected chi connectivity index (χ4v) is 2.70. The number of nitrogens with zero attached hydrogens (tertiary/aromatic N) is 2. The topological polar surface area (TPSA) is 76.6 Å². The molecular formula is C20H13FN2O4. The van der Waals surface area contributed by atoms with Crippen LogP contribution in [-0.2, 0) is 6.54 Å². The molecule has 0 aliphatic carbocycles. The van der Waals surface area contributed by atoms with E-state index < -0.39 is 17.2 Å². The van der Waals surface area contributed by atoms with Crippen LogP contribution in [0.1, 0.15) is 16.3 Å². The molecular weight excluding hydrogens is 351 g/mol. The molecule has 3 aromatic heterocycles. The zero-order chi connectivity index (χ0) is 18.8. The van der Waals surface area contributed by atoms with Crippen LogP contribution in [0, 0.1) is 5.82 Å². The van der Waals surface area contributed by atoms with Crippen molar-refractivity contribution >= 4 is 22.7 Å². The Hall–Kier alpha value is -3.74. The molecule has 6 nitrogen and oxygen atoms in total. The highest BCUT2D eigenvalue weighted by atomic mass is 19.1. The van der Waals surface area contributed by atoms with Crippen molar-refractivity contribution in [3.05, 3.63) is 94.6 Å². The number of halogens is 1. The molecule has 3 heterocycles. The molecule has 0 saturated heterocycles. The molecule has 0 aliphatic rings. The van der Waals surface area contributed by atoms with E-state index in [1.807, 2.05) is 0 Å². The van der Waals surface area contributed by atoms with Crippen molar-refractivity contribution in [2.75, 3.05) is 4.90 Å². The van der Waals surface area contributed by atoms with Gasteiger partial charge in [-0.3, -0.25) is 14.5 Å². The Labute approximate surface area is 152 Å². The number of pyridine rings is 1. The predicted molar refractivity (Wildman–Crippen MR) is 95.9 cm³/mol. The highest BCUT2D eigenvalue weighted by Gasteiger charge is 2.23. The van der Waals surface area contributed by atoms with Crippen LogP contribution >= 0.6 is 0 Å². The zero-order valence-corrected chi connectivity index (χ0v) is 14.0. The van der Waals surface area contributed by atoms with E-state index in [0.29, 0.717) is 11.6 Å². The van der Waals surface area contributed by atoms with Crippen molar-refractivity contribution in [1.82, 2.24) is 4.98 Å². The van der Waals surface area contributed by atoms with Crippen LogP contribution in [0.2, 0.25) is 0 Å². The fraction of sp³-hybridized carbons (Fsp3) is 0.0500. The molecule has 0 unspecified atom stereocenters. The van der Waals surface area contributed by atoms with E-state index in [4.69, 9.17) is 8.83 Å². The lowest BCUT2D eigenvalue weighted by Gasteiger charge is -2.20. The third-order valence-corrected chi connectivity index (χ3v) is 3.96. The van der Waals surface area contributed by atoms with E-state index in [0.717, 1.165) is 12.1 Å². The summed E-state index contributed by atoms with van der Waals surface area (Å²) in [5.74, 6) is -0.369. The summed E-state index contributed by atoms with van der Waals surface area (Å²) in [6, 6.07) is 13.2. The minimum atomic E-state index is -0.562. The van der Waals surface area contributed by atoms with Gasteiger partial charge in [-0.25, -0.2) is 9.37 Å². The molecule has 4 rings (SSSR count). The van der Waals surface area contributed by atoms with Gasteiger partial charge in [0.2, 0.25) is 0 Å². The fourth-order valence-electron chi connectivity index (χ4n) is 2.70. The van der Waals surface area contributed by atoms with Gasteiger partial charge in [0.25, 0.3) is 5.91 Å². The summed E-state index contributed by atoms with van der Waals surface area (Å²) in [4.78, 5) is 30.9. The quantitative estimate of drug-likeness (QED) is 0.551. The third-order valence-electron chi connectivity index (χ3n) is 3.96. The normalized spacial score (nSPS) is 10.9. The van der Waals surface area contributed by atoms with E-state index in [1.165, 1.54) is 23.3 Å². The molecule has 7 heteroatoms. The van der Waals surface area contributed by atoms with Gasteiger partial charge in [0.05, 0.1) is 18.2 Å². The van der Waals surface area contributed by atoms with Crippen LogP contribution in [-0.4, -0.2) is 10.9 Å². The monoisotopic (exact) mass is 364 g/mol. The van der Waals surface area contributed by atoms with Gasteiger partial charge >= 0.3 is 0 Å². The molecule has 0 radical (unpaired) electrons. The molecule has 27 heavy (non-hydrogen) atoms. The molecule has 134 valence electrons. The molecule has 0 bridgehead atoms. The van der Waals surface area contributed by atoms with Crippen LogP contribution in [0.5, 0.6) is 0 Å². The number of amides is 1. The number of anilines is 1. The van der Waals surface area contributed by atoms with E-state index in [-0.39, 0.29) is 23.3 Å². The molecule has 1 aromatic carbocycles. The van der Waals surface area contributed by atoms with Crippen molar-refractivity contribution in [3.63, 3.8) is 0 Å². The van der Waals surface area contributed by atoms with Gasteiger partial charge in [0, 0.05) is 12.3 Å². The Morgan fingerprint density at radius 1 is 1.11 bits per heavy atom. The Kier molecular flexibility index (Phi) is 4.25. The molecule has 0 saturated carbocycles. The minimum absolute atomic E-state index is 0.0713. The number of furan rings is 1. The lowest BCUT2D eigenvalue weighted by molar-refractivity contribution is 0.0956. The van der Waals surface area contributed by atoms with Gasteiger partial charge in [0.15, 0.2) is 11.2 Å². The van der Waals surface area contributed by atoms with Crippen molar-refractivity contribution in [2.45, 2.75) is 6.54 Å². The minimum Gasteiger partial charge on any atom is -0.467 e. The molecule has 0 atom stereocenters. The predicted octanol–water partition coefficient (Wildman–Crippen LogP) is 3.77. The van der Waals surface area contributed by atoms with Crippen LogP contribution in [0.4, 0.5) is 10.2 Å². The number of rotatable bonds is 4. The molecule has 0 spiro atoms. The van der Waals surface area contributed by atoms with Gasteiger partial charge in [-0.15, -0.1) is 0 Å². The first kappa shape index (κ1) is 16.7. The largest absolute Gasteiger partial charge is 0.467 e. The average molecular weight is 364 g/mol. The second-order valence-electron chi connectivity index (χ2n) is 5.77. The number of carbonyl (C=O) groups is 1. The first-order chi connectivity index (χ1) is 13.1. The summed E-state index contributed by atoms with van der Waals surface area (Å²) in [6.07, 6.45) is 3.05. The number of hydrogen-bond donors (Lipinski definition) is 0. The highest BCUT2D eigenvalue weighted by molar-refractivity contribution is 6.04. The number of aromatic nitrogens is 1. The molecule has 4 aromatic rings. The maximum Gasteiger partial charge on any atom is 0.295 e. The highest BCUT2D eigenvalue weighted by Crippen LogP contribution is 2.20. The zero-order valence-electron chi connectivity index (χ0n) is 14.0. The van der Waals surface area contributed by atoms with Gasteiger partial charge < -0.3 is 8.83 Å². The van der Waals surface area contributed by atoms with Gasteiger partial charge in [-0.2, -0.15) is 0 Å². The Morgan fingerprint density at radius 3 is 2.74 bits per heavy atom. The third kappa shape index (κ3) is 3.35.